The summed E-state index contributed by atoms with van der Waals surface area (Å²) in [5.41, 5.74) is 2.29. The fraction of sp³-hybridized carbons (Fsp3) is 0.500. The highest BCUT2D eigenvalue weighted by Crippen LogP contribution is 2.39. The summed E-state index contributed by atoms with van der Waals surface area (Å²) in [5.74, 6) is -0.00309. The Morgan fingerprint density at radius 1 is 1.50 bits per heavy atom. The van der Waals surface area contributed by atoms with E-state index in [4.69, 9.17) is 11.6 Å². The molecule has 0 saturated heterocycles. The highest BCUT2D eigenvalue weighted by atomic mass is 35.5. The van der Waals surface area contributed by atoms with Crippen LogP contribution in [0.15, 0.2) is 11.1 Å². The van der Waals surface area contributed by atoms with Gasteiger partial charge in [-0.05, 0) is 25.4 Å². The molecule has 0 saturated carbocycles. The fourth-order valence-corrected chi connectivity index (χ4v) is 1.14. The molecule has 44 valence electrons. The van der Waals surface area contributed by atoms with Crippen LogP contribution < -0.4 is 0 Å². The van der Waals surface area contributed by atoms with Gasteiger partial charge in [-0.1, -0.05) is 11.1 Å². The molecule has 0 amide bonds. The van der Waals surface area contributed by atoms with E-state index in [-0.39, 0.29) is 11.2 Å². The van der Waals surface area contributed by atoms with Crippen molar-refractivity contribution < 1.29 is 4.79 Å². The van der Waals surface area contributed by atoms with E-state index >= 15 is 0 Å². The molecule has 0 aromatic heterocycles. The van der Waals surface area contributed by atoms with Crippen molar-refractivity contribution in [1.29, 1.82) is 0 Å². The first-order valence-corrected chi connectivity index (χ1v) is 2.89. The number of hydrogen-bond donors (Lipinski definition) is 0. The molecular formula is C6H7ClO. The Labute approximate surface area is 53.3 Å². The van der Waals surface area contributed by atoms with E-state index in [1.165, 1.54) is 0 Å². The molecule has 8 heavy (non-hydrogen) atoms. The molecule has 0 N–H and O–H groups in total. The smallest absolute Gasteiger partial charge is 0.232 e. The van der Waals surface area contributed by atoms with Gasteiger partial charge in [-0.3, -0.25) is 4.79 Å². The second kappa shape index (κ2) is 1.59. The van der Waals surface area contributed by atoms with Gasteiger partial charge in [0.1, 0.15) is 0 Å². The first-order valence-electron chi connectivity index (χ1n) is 2.51. The van der Waals surface area contributed by atoms with E-state index < -0.39 is 0 Å². The van der Waals surface area contributed by atoms with Gasteiger partial charge < -0.3 is 0 Å². The first kappa shape index (κ1) is 5.83. The van der Waals surface area contributed by atoms with Crippen molar-refractivity contribution >= 4 is 16.8 Å². The van der Waals surface area contributed by atoms with Gasteiger partial charge >= 0.3 is 0 Å². The van der Waals surface area contributed by atoms with Crippen LogP contribution in [0.25, 0.3) is 0 Å². The van der Waals surface area contributed by atoms with Crippen molar-refractivity contribution in [3.63, 3.8) is 0 Å². The zero-order chi connectivity index (χ0) is 6.31. The number of carbonyl (C=O) groups excluding carboxylic acids is 1. The van der Waals surface area contributed by atoms with Gasteiger partial charge in [-0.15, -0.1) is 0 Å². The Morgan fingerprint density at radius 2 is 1.88 bits per heavy atom. The van der Waals surface area contributed by atoms with E-state index in [1.807, 2.05) is 13.8 Å². The Hall–Kier alpha value is -0.300. The predicted molar refractivity (Wildman–Crippen MR) is 32.7 cm³/mol. The van der Waals surface area contributed by atoms with Crippen molar-refractivity contribution in [3.05, 3.63) is 11.1 Å². The molecule has 0 heterocycles. The SMILES string of the molecule is CC1=C(C)C1C(=O)Cl. The summed E-state index contributed by atoms with van der Waals surface area (Å²) in [5, 5.41) is -0.236. The van der Waals surface area contributed by atoms with Crippen LogP contribution >= 0.6 is 11.6 Å². The lowest BCUT2D eigenvalue weighted by molar-refractivity contribution is -0.112. The third-order valence-corrected chi connectivity index (χ3v) is 1.85. The van der Waals surface area contributed by atoms with Gasteiger partial charge in [0.05, 0.1) is 5.92 Å². The second-order valence-corrected chi connectivity index (χ2v) is 2.48. The molecule has 0 aromatic carbocycles. The van der Waals surface area contributed by atoms with E-state index in [1.54, 1.807) is 0 Å². The van der Waals surface area contributed by atoms with Gasteiger partial charge in [0.2, 0.25) is 5.24 Å². The van der Waals surface area contributed by atoms with Crippen molar-refractivity contribution in [2.45, 2.75) is 13.8 Å². The summed E-state index contributed by atoms with van der Waals surface area (Å²) >= 11 is 5.18. The van der Waals surface area contributed by atoms with Crippen LogP contribution in [0, 0.1) is 5.92 Å². The van der Waals surface area contributed by atoms with Crippen molar-refractivity contribution in [2.75, 3.05) is 0 Å². The Kier molecular flexibility index (Phi) is 1.16. The maximum atomic E-state index is 10.4. The number of rotatable bonds is 1. The largest absolute Gasteiger partial charge is 0.280 e. The van der Waals surface area contributed by atoms with Gasteiger partial charge in [-0.2, -0.15) is 0 Å². The Balaban J connectivity index is 2.54. The minimum absolute atomic E-state index is 0.00309. The third kappa shape index (κ3) is 0.671. The van der Waals surface area contributed by atoms with Crippen LogP contribution in [0.5, 0.6) is 0 Å². The summed E-state index contributed by atoms with van der Waals surface area (Å²) in [6.45, 7) is 3.86. The lowest BCUT2D eigenvalue weighted by atomic mass is 10.3. The van der Waals surface area contributed by atoms with E-state index in [2.05, 4.69) is 0 Å². The fourth-order valence-electron chi connectivity index (χ4n) is 0.815. The van der Waals surface area contributed by atoms with Crippen LogP contribution in [-0.2, 0) is 4.79 Å². The molecule has 0 atom stereocenters. The van der Waals surface area contributed by atoms with Crippen LogP contribution in [0.2, 0.25) is 0 Å². The molecule has 1 rings (SSSR count). The molecule has 0 fully saturated rings. The minimum Gasteiger partial charge on any atom is -0.280 e. The lowest BCUT2D eigenvalue weighted by Crippen LogP contribution is -1.91. The van der Waals surface area contributed by atoms with Crippen LogP contribution in [0.1, 0.15) is 13.8 Å². The second-order valence-electron chi connectivity index (χ2n) is 2.10. The minimum atomic E-state index is -0.236. The van der Waals surface area contributed by atoms with E-state index in [0.29, 0.717) is 0 Å². The topological polar surface area (TPSA) is 17.1 Å². The first-order chi connectivity index (χ1) is 3.64. The summed E-state index contributed by atoms with van der Waals surface area (Å²) in [6, 6.07) is 0. The average Bonchev–Trinajstić information content (AvgIpc) is 2.15. The molecule has 0 bridgehead atoms. The summed E-state index contributed by atoms with van der Waals surface area (Å²) in [4.78, 5) is 10.4. The molecule has 0 radical (unpaired) electrons. The summed E-state index contributed by atoms with van der Waals surface area (Å²) < 4.78 is 0. The molecule has 1 nitrogen and oxygen atoms in total. The summed E-state index contributed by atoms with van der Waals surface area (Å²) in [7, 11) is 0. The maximum absolute atomic E-state index is 10.4. The molecule has 1 aliphatic rings. The van der Waals surface area contributed by atoms with Gasteiger partial charge in [0.15, 0.2) is 0 Å². The number of hydrogen-bond acceptors (Lipinski definition) is 1. The molecule has 0 aromatic rings. The van der Waals surface area contributed by atoms with E-state index in [0.717, 1.165) is 11.1 Å². The highest BCUT2D eigenvalue weighted by molar-refractivity contribution is 6.65. The van der Waals surface area contributed by atoms with Gasteiger partial charge in [-0.25, -0.2) is 0 Å². The van der Waals surface area contributed by atoms with E-state index in [9.17, 15) is 4.79 Å². The van der Waals surface area contributed by atoms with Gasteiger partial charge in [0.25, 0.3) is 0 Å². The molecular weight excluding hydrogens is 124 g/mol. The zero-order valence-corrected chi connectivity index (χ0v) is 5.62. The Bertz CT molecular complexity index is 157. The summed E-state index contributed by atoms with van der Waals surface area (Å²) in [6.07, 6.45) is 0. The average molecular weight is 131 g/mol. The van der Waals surface area contributed by atoms with Crippen molar-refractivity contribution in [3.8, 4) is 0 Å². The molecule has 0 aliphatic heterocycles. The zero-order valence-electron chi connectivity index (χ0n) is 4.86. The van der Waals surface area contributed by atoms with Gasteiger partial charge in [0, 0.05) is 0 Å². The normalized spacial score (nSPS) is 19.4. The lowest BCUT2D eigenvalue weighted by Gasteiger charge is -1.82. The molecule has 1 aliphatic carbocycles. The van der Waals surface area contributed by atoms with Crippen molar-refractivity contribution in [1.82, 2.24) is 0 Å². The third-order valence-electron chi connectivity index (χ3n) is 1.63. The van der Waals surface area contributed by atoms with Crippen LogP contribution in [0.4, 0.5) is 0 Å². The molecule has 0 unspecified atom stereocenters. The monoisotopic (exact) mass is 130 g/mol. The Morgan fingerprint density at radius 3 is 1.88 bits per heavy atom. The predicted octanol–water partition coefficient (Wildman–Crippen LogP) is 1.72. The highest BCUT2D eigenvalue weighted by Gasteiger charge is 2.34. The quantitative estimate of drug-likeness (QED) is 0.390. The number of allylic oxidation sites excluding steroid dienone is 2. The van der Waals surface area contributed by atoms with Crippen molar-refractivity contribution in [2.24, 2.45) is 5.92 Å². The van der Waals surface area contributed by atoms with Crippen LogP contribution in [-0.4, -0.2) is 5.24 Å². The molecule has 0 spiro atoms. The number of halogens is 1. The maximum Gasteiger partial charge on any atom is 0.232 e. The molecule has 2 heteroatoms. The number of carbonyl (C=O) groups is 1. The van der Waals surface area contributed by atoms with Crippen LogP contribution in [0.3, 0.4) is 0 Å². The standard InChI is InChI=1S/C6H7ClO/c1-3-4(2)5(3)6(7)8/h5H,1-2H3.